The number of benzene rings is 1. The second-order valence-corrected chi connectivity index (χ2v) is 3.13. The molecule has 1 rings (SSSR count). The monoisotopic (exact) mass is 255 g/mol. The number of hydrogen-bond donors (Lipinski definition) is 1. The number of ether oxygens (including phenoxy) is 2. The van der Waals surface area contributed by atoms with Gasteiger partial charge < -0.3 is 14.6 Å². The average Bonchev–Trinajstić information content (AvgIpc) is 2.35. The van der Waals surface area contributed by atoms with Crippen molar-refractivity contribution < 1.29 is 29.1 Å². The molecule has 0 fully saturated rings. The molecule has 0 aliphatic heterocycles. The Hall–Kier alpha value is -2.64. The zero-order valence-corrected chi connectivity index (χ0v) is 9.50. The van der Waals surface area contributed by atoms with Crippen LogP contribution in [0.15, 0.2) is 12.1 Å². The van der Waals surface area contributed by atoms with E-state index in [1.807, 2.05) is 0 Å². The first-order valence-corrected chi connectivity index (χ1v) is 4.60. The van der Waals surface area contributed by atoms with Crippen LogP contribution in [0.4, 0.5) is 5.69 Å². The third-order valence-electron chi connectivity index (χ3n) is 2.09. The number of carbonyl (C=O) groups excluding carboxylic acids is 2. The second kappa shape index (κ2) is 5.13. The van der Waals surface area contributed by atoms with Gasteiger partial charge in [0.1, 0.15) is 16.9 Å². The third-order valence-corrected chi connectivity index (χ3v) is 2.09. The summed E-state index contributed by atoms with van der Waals surface area (Å²) < 4.78 is 8.69. The Morgan fingerprint density at radius 2 is 1.56 bits per heavy atom. The minimum Gasteiger partial charge on any atom is -0.508 e. The Labute approximate surface area is 101 Å². The maximum absolute atomic E-state index is 11.4. The van der Waals surface area contributed by atoms with Gasteiger partial charge >= 0.3 is 11.9 Å². The van der Waals surface area contributed by atoms with Gasteiger partial charge in [0.25, 0.3) is 5.69 Å². The molecule has 96 valence electrons. The lowest BCUT2D eigenvalue weighted by molar-refractivity contribution is -0.385. The molecule has 0 radical (unpaired) electrons. The van der Waals surface area contributed by atoms with Crippen LogP contribution in [0.1, 0.15) is 20.7 Å². The molecule has 0 saturated heterocycles. The summed E-state index contributed by atoms with van der Waals surface area (Å²) in [7, 11) is 2.04. The molecule has 0 aliphatic rings. The summed E-state index contributed by atoms with van der Waals surface area (Å²) in [5.41, 5.74) is -1.82. The van der Waals surface area contributed by atoms with Gasteiger partial charge in [0, 0.05) is 12.1 Å². The van der Waals surface area contributed by atoms with E-state index >= 15 is 0 Å². The molecule has 1 aromatic carbocycles. The van der Waals surface area contributed by atoms with Crippen molar-refractivity contribution >= 4 is 17.6 Å². The fourth-order valence-corrected chi connectivity index (χ4v) is 1.35. The van der Waals surface area contributed by atoms with Crippen molar-refractivity contribution in [3.63, 3.8) is 0 Å². The molecule has 0 atom stereocenters. The van der Waals surface area contributed by atoms with Crippen LogP contribution < -0.4 is 0 Å². The molecule has 1 N–H and O–H groups in total. The lowest BCUT2D eigenvalue weighted by Crippen LogP contribution is -2.12. The molecule has 0 aromatic heterocycles. The number of nitro benzene ring substituents is 1. The van der Waals surface area contributed by atoms with E-state index in [0.29, 0.717) is 0 Å². The molecule has 1 aromatic rings. The summed E-state index contributed by atoms with van der Waals surface area (Å²) in [5, 5.41) is 20.3. The zero-order chi connectivity index (χ0) is 13.9. The molecule has 0 aliphatic carbocycles. The fraction of sp³-hybridized carbons (Fsp3) is 0.200. The molecule has 0 spiro atoms. The van der Waals surface area contributed by atoms with Crippen LogP contribution in [0.3, 0.4) is 0 Å². The fourth-order valence-electron chi connectivity index (χ4n) is 1.35. The van der Waals surface area contributed by atoms with Crippen LogP contribution in [0.5, 0.6) is 5.75 Å². The highest BCUT2D eigenvalue weighted by atomic mass is 16.6. The maximum atomic E-state index is 11.4. The molecule has 0 bridgehead atoms. The molecule has 0 heterocycles. The number of methoxy groups -OCH3 is 2. The Kier molecular flexibility index (Phi) is 3.82. The quantitative estimate of drug-likeness (QED) is 0.484. The maximum Gasteiger partial charge on any atom is 0.345 e. The van der Waals surface area contributed by atoms with E-state index in [1.54, 1.807) is 0 Å². The number of phenolic OH excluding ortho intramolecular Hbond substituents is 1. The van der Waals surface area contributed by atoms with Crippen molar-refractivity contribution in [2.24, 2.45) is 0 Å². The minimum absolute atomic E-state index is 0.485. The first-order valence-electron chi connectivity index (χ1n) is 4.60. The first-order chi connectivity index (χ1) is 8.42. The largest absolute Gasteiger partial charge is 0.508 e. The van der Waals surface area contributed by atoms with Crippen LogP contribution in [0, 0.1) is 10.1 Å². The summed E-state index contributed by atoms with van der Waals surface area (Å²) in [6.45, 7) is 0. The zero-order valence-electron chi connectivity index (χ0n) is 9.50. The van der Waals surface area contributed by atoms with Gasteiger partial charge in [-0.2, -0.15) is 0 Å². The number of carbonyl (C=O) groups is 2. The van der Waals surface area contributed by atoms with Crippen LogP contribution >= 0.6 is 0 Å². The van der Waals surface area contributed by atoms with E-state index in [-0.39, 0.29) is 0 Å². The average molecular weight is 255 g/mol. The number of phenols is 1. The minimum atomic E-state index is -1.04. The highest BCUT2D eigenvalue weighted by Crippen LogP contribution is 2.29. The lowest BCUT2D eigenvalue weighted by Gasteiger charge is -2.06. The van der Waals surface area contributed by atoms with E-state index in [9.17, 15) is 24.8 Å². The third kappa shape index (κ3) is 2.37. The second-order valence-electron chi connectivity index (χ2n) is 3.13. The molecule has 18 heavy (non-hydrogen) atoms. The van der Waals surface area contributed by atoms with Gasteiger partial charge in [-0.05, 0) is 0 Å². The van der Waals surface area contributed by atoms with Crippen molar-refractivity contribution in [1.82, 2.24) is 0 Å². The van der Waals surface area contributed by atoms with Crippen LogP contribution in [-0.4, -0.2) is 36.2 Å². The molecule has 0 saturated carbocycles. The number of hydrogen-bond acceptors (Lipinski definition) is 7. The first kappa shape index (κ1) is 13.4. The summed E-state index contributed by atoms with van der Waals surface area (Å²) in [5.74, 6) is -2.56. The number of rotatable bonds is 3. The highest BCUT2D eigenvalue weighted by Gasteiger charge is 2.30. The number of esters is 2. The SMILES string of the molecule is COC(=O)c1cc(O)cc(C(=O)OC)c1[N+](=O)[O-]. The van der Waals surface area contributed by atoms with E-state index < -0.39 is 39.4 Å². The van der Waals surface area contributed by atoms with Gasteiger partial charge in [-0.3, -0.25) is 10.1 Å². The Morgan fingerprint density at radius 3 is 1.83 bits per heavy atom. The van der Waals surface area contributed by atoms with E-state index in [0.717, 1.165) is 26.4 Å². The van der Waals surface area contributed by atoms with Crippen LogP contribution in [0.25, 0.3) is 0 Å². The molecule has 8 heteroatoms. The van der Waals surface area contributed by atoms with Gasteiger partial charge in [0.05, 0.1) is 19.1 Å². The highest BCUT2D eigenvalue weighted by molar-refractivity contribution is 6.02. The van der Waals surface area contributed by atoms with Crippen molar-refractivity contribution in [3.05, 3.63) is 33.4 Å². The number of nitro groups is 1. The smallest absolute Gasteiger partial charge is 0.345 e. The predicted octanol–water partition coefficient (Wildman–Crippen LogP) is 0.874. The van der Waals surface area contributed by atoms with Crippen molar-refractivity contribution in [3.8, 4) is 5.75 Å². The van der Waals surface area contributed by atoms with Crippen LogP contribution in [-0.2, 0) is 9.47 Å². The van der Waals surface area contributed by atoms with Gasteiger partial charge in [-0.1, -0.05) is 0 Å². The number of aromatic hydroxyl groups is 1. The topological polar surface area (TPSA) is 116 Å². The summed E-state index contributed by atoms with van der Waals surface area (Å²) >= 11 is 0. The predicted molar refractivity (Wildman–Crippen MR) is 57.4 cm³/mol. The van der Waals surface area contributed by atoms with Crippen molar-refractivity contribution in [2.45, 2.75) is 0 Å². The molecular weight excluding hydrogens is 246 g/mol. The molecule has 8 nitrogen and oxygen atoms in total. The van der Waals surface area contributed by atoms with Gasteiger partial charge in [-0.25, -0.2) is 9.59 Å². The molecule has 0 unspecified atom stereocenters. The Morgan fingerprint density at radius 1 is 1.17 bits per heavy atom. The number of nitrogens with zero attached hydrogens (tertiary/aromatic N) is 1. The Balaban J connectivity index is 3.61. The lowest BCUT2D eigenvalue weighted by atomic mass is 10.1. The molecule has 0 amide bonds. The standard InChI is InChI=1S/C10H9NO7/c1-17-9(13)6-3-5(12)4-7(10(14)18-2)8(6)11(15)16/h3-4,12H,1-2H3. The van der Waals surface area contributed by atoms with E-state index in [1.165, 1.54) is 0 Å². The van der Waals surface area contributed by atoms with Gasteiger partial charge in [-0.15, -0.1) is 0 Å². The van der Waals surface area contributed by atoms with E-state index in [4.69, 9.17) is 0 Å². The van der Waals surface area contributed by atoms with Crippen molar-refractivity contribution in [2.75, 3.05) is 14.2 Å². The van der Waals surface area contributed by atoms with Gasteiger partial charge in [0.15, 0.2) is 0 Å². The van der Waals surface area contributed by atoms with Crippen molar-refractivity contribution in [1.29, 1.82) is 0 Å². The summed E-state index contributed by atoms with van der Waals surface area (Å²) in [6, 6.07) is 1.69. The Bertz CT molecular complexity index is 486. The summed E-state index contributed by atoms with van der Waals surface area (Å²) in [6.07, 6.45) is 0. The summed E-state index contributed by atoms with van der Waals surface area (Å²) in [4.78, 5) is 32.7. The molecular formula is C10H9NO7. The normalized spacial score (nSPS) is 9.67. The van der Waals surface area contributed by atoms with E-state index in [2.05, 4.69) is 9.47 Å². The van der Waals surface area contributed by atoms with Crippen LogP contribution in [0.2, 0.25) is 0 Å². The van der Waals surface area contributed by atoms with Gasteiger partial charge in [0.2, 0.25) is 0 Å².